The number of aliphatic hydroxyl groups excluding tert-OH is 2. The maximum Gasteiger partial charge on any atom is 0.0682 e. The lowest BCUT2D eigenvalue weighted by molar-refractivity contribution is 0.127. The Balaban J connectivity index is 2.65. The molecule has 3 heteroatoms. The number of benzene rings is 1. The van der Waals surface area contributed by atoms with E-state index in [1.54, 1.807) is 0 Å². The van der Waals surface area contributed by atoms with Gasteiger partial charge in [0.05, 0.1) is 13.2 Å². The van der Waals surface area contributed by atoms with Crippen molar-refractivity contribution in [3.63, 3.8) is 0 Å². The molecule has 1 aromatic carbocycles. The van der Waals surface area contributed by atoms with Gasteiger partial charge in [-0.2, -0.15) is 0 Å². The SMILES string of the molecule is CCC(CC)(CO)CNc1cccc(CO)c1. The van der Waals surface area contributed by atoms with E-state index in [-0.39, 0.29) is 18.6 Å². The van der Waals surface area contributed by atoms with Crippen molar-refractivity contribution in [1.82, 2.24) is 0 Å². The van der Waals surface area contributed by atoms with Crippen molar-refractivity contribution in [1.29, 1.82) is 0 Å². The Labute approximate surface area is 103 Å². The summed E-state index contributed by atoms with van der Waals surface area (Å²) in [6.45, 7) is 5.22. The van der Waals surface area contributed by atoms with E-state index in [4.69, 9.17) is 5.11 Å². The van der Waals surface area contributed by atoms with Crippen molar-refractivity contribution in [2.45, 2.75) is 33.3 Å². The van der Waals surface area contributed by atoms with Crippen LogP contribution >= 0.6 is 0 Å². The molecule has 0 fully saturated rings. The number of rotatable bonds is 7. The van der Waals surface area contributed by atoms with Gasteiger partial charge in [0.15, 0.2) is 0 Å². The van der Waals surface area contributed by atoms with E-state index in [0.29, 0.717) is 0 Å². The number of anilines is 1. The maximum absolute atomic E-state index is 9.48. The van der Waals surface area contributed by atoms with E-state index in [0.717, 1.165) is 30.6 Å². The summed E-state index contributed by atoms with van der Waals surface area (Å²) in [5.74, 6) is 0. The van der Waals surface area contributed by atoms with Gasteiger partial charge >= 0.3 is 0 Å². The zero-order chi connectivity index (χ0) is 12.7. The van der Waals surface area contributed by atoms with Crippen molar-refractivity contribution in [2.75, 3.05) is 18.5 Å². The van der Waals surface area contributed by atoms with E-state index in [1.165, 1.54) is 0 Å². The lowest BCUT2D eigenvalue weighted by Gasteiger charge is -2.30. The molecule has 0 bridgehead atoms. The molecule has 96 valence electrons. The third-order valence-electron chi connectivity index (χ3n) is 3.61. The van der Waals surface area contributed by atoms with Gasteiger partial charge in [0.1, 0.15) is 0 Å². The van der Waals surface area contributed by atoms with Crippen molar-refractivity contribution in [3.05, 3.63) is 29.8 Å². The van der Waals surface area contributed by atoms with Crippen molar-refractivity contribution in [2.24, 2.45) is 5.41 Å². The zero-order valence-corrected chi connectivity index (χ0v) is 10.7. The number of aliphatic hydroxyl groups is 2. The molecule has 0 aromatic heterocycles. The zero-order valence-electron chi connectivity index (χ0n) is 10.7. The molecular formula is C14H23NO2. The smallest absolute Gasteiger partial charge is 0.0682 e. The second kappa shape index (κ2) is 6.62. The minimum Gasteiger partial charge on any atom is -0.396 e. The van der Waals surface area contributed by atoms with Crippen LogP contribution in [0.15, 0.2) is 24.3 Å². The summed E-state index contributed by atoms with van der Waals surface area (Å²) in [4.78, 5) is 0. The summed E-state index contributed by atoms with van der Waals surface area (Å²) in [5, 5.41) is 21.9. The molecule has 0 aliphatic heterocycles. The number of hydrogen-bond donors (Lipinski definition) is 3. The van der Waals surface area contributed by atoms with E-state index in [9.17, 15) is 5.11 Å². The average molecular weight is 237 g/mol. The van der Waals surface area contributed by atoms with Gasteiger partial charge in [-0.05, 0) is 30.5 Å². The molecule has 0 saturated carbocycles. The lowest BCUT2D eigenvalue weighted by atomic mass is 9.83. The predicted molar refractivity (Wildman–Crippen MR) is 71.0 cm³/mol. The molecule has 0 heterocycles. The van der Waals surface area contributed by atoms with Gasteiger partial charge < -0.3 is 15.5 Å². The molecule has 0 aliphatic carbocycles. The summed E-state index contributed by atoms with van der Waals surface area (Å²) in [5.41, 5.74) is 1.85. The molecule has 3 N–H and O–H groups in total. The highest BCUT2D eigenvalue weighted by atomic mass is 16.3. The van der Waals surface area contributed by atoms with Crippen LogP contribution in [-0.4, -0.2) is 23.4 Å². The Morgan fingerprint density at radius 1 is 1.18 bits per heavy atom. The topological polar surface area (TPSA) is 52.5 Å². The minimum atomic E-state index is -0.0464. The molecule has 1 aromatic rings. The van der Waals surface area contributed by atoms with Crippen LogP contribution < -0.4 is 5.32 Å². The van der Waals surface area contributed by atoms with Crippen LogP contribution in [0.4, 0.5) is 5.69 Å². The first kappa shape index (κ1) is 14.0. The summed E-state index contributed by atoms with van der Waals surface area (Å²) in [7, 11) is 0. The van der Waals surface area contributed by atoms with Crippen molar-refractivity contribution in [3.8, 4) is 0 Å². The summed E-state index contributed by atoms with van der Waals surface area (Å²) < 4.78 is 0. The fourth-order valence-corrected chi connectivity index (χ4v) is 1.85. The van der Waals surface area contributed by atoms with Crippen molar-refractivity contribution < 1.29 is 10.2 Å². The Kier molecular flexibility index (Phi) is 5.45. The molecule has 0 radical (unpaired) electrons. The van der Waals surface area contributed by atoms with Crippen LogP contribution in [0.2, 0.25) is 0 Å². The van der Waals surface area contributed by atoms with Gasteiger partial charge in [-0.15, -0.1) is 0 Å². The molecular weight excluding hydrogens is 214 g/mol. The van der Waals surface area contributed by atoms with Crippen LogP contribution in [-0.2, 0) is 6.61 Å². The van der Waals surface area contributed by atoms with Gasteiger partial charge in [-0.1, -0.05) is 26.0 Å². The first-order valence-electron chi connectivity index (χ1n) is 6.24. The average Bonchev–Trinajstić information content (AvgIpc) is 2.41. The summed E-state index contributed by atoms with van der Waals surface area (Å²) in [6, 6.07) is 7.73. The fourth-order valence-electron chi connectivity index (χ4n) is 1.85. The van der Waals surface area contributed by atoms with Gasteiger partial charge in [0.2, 0.25) is 0 Å². The monoisotopic (exact) mass is 237 g/mol. The lowest BCUT2D eigenvalue weighted by Crippen LogP contribution is -2.32. The molecule has 0 aliphatic rings. The van der Waals surface area contributed by atoms with Gasteiger partial charge in [0, 0.05) is 17.6 Å². The highest BCUT2D eigenvalue weighted by Gasteiger charge is 2.24. The highest BCUT2D eigenvalue weighted by molar-refractivity contribution is 5.45. The molecule has 0 unspecified atom stereocenters. The van der Waals surface area contributed by atoms with Crippen LogP contribution in [0.3, 0.4) is 0 Å². The number of nitrogens with one attached hydrogen (secondary N) is 1. The normalized spacial score (nSPS) is 11.5. The molecule has 3 nitrogen and oxygen atoms in total. The predicted octanol–water partition coefficient (Wildman–Crippen LogP) is 2.39. The Hall–Kier alpha value is -1.06. The Bertz CT molecular complexity index is 326. The first-order chi connectivity index (χ1) is 8.19. The van der Waals surface area contributed by atoms with Crippen LogP contribution in [0.25, 0.3) is 0 Å². The third kappa shape index (κ3) is 3.72. The minimum absolute atomic E-state index is 0.0464. The summed E-state index contributed by atoms with van der Waals surface area (Å²) >= 11 is 0. The van der Waals surface area contributed by atoms with Gasteiger partial charge in [-0.3, -0.25) is 0 Å². The van der Waals surface area contributed by atoms with Crippen LogP contribution in [0.5, 0.6) is 0 Å². The molecule has 0 atom stereocenters. The maximum atomic E-state index is 9.48. The largest absolute Gasteiger partial charge is 0.396 e. The van der Waals surface area contributed by atoms with Gasteiger partial charge in [-0.25, -0.2) is 0 Å². The van der Waals surface area contributed by atoms with E-state index < -0.39 is 0 Å². The van der Waals surface area contributed by atoms with Crippen LogP contribution in [0.1, 0.15) is 32.3 Å². The van der Waals surface area contributed by atoms with Crippen LogP contribution in [0, 0.1) is 5.41 Å². The second-order valence-electron chi connectivity index (χ2n) is 4.58. The van der Waals surface area contributed by atoms with E-state index in [2.05, 4.69) is 19.2 Å². The molecule has 0 saturated heterocycles. The summed E-state index contributed by atoms with van der Waals surface area (Å²) in [6.07, 6.45) is 1.90. The molecule has 17 heavy (non-hydrogen) atoms. The standard InChI is InChI=1S/C14H23NO2/c1-3-14(4-2,11-17)10-15-13-7-5-6-12(8-13)9-16/h5-8,15-17H,3-4,9-11H2,1-2H3. The Morgan fingerprint density at radius 2 is 1.88 bits per heavy atom. The molecule has 1 rings (SSSR count). The van der Waals surface area contributed by atoms with E-state index >= 15 is 0 Å². The van der Waals surface area contributed by atoms with Gasteiger partial charge in [0.25, 0.3) is 0 Å². The highest BCUT2D eigenvalue weighted by Crippen LogP contribution is 2.26. The fraction of sp³-hybridized carbons (Fsp3) is 0.571. The quantitative estimate of drug-likeness (QED) is 0.682. The second-order valence-corrected chi connectivity index (χ2v) is 4.58. The van der Waals surface area contributed by atoms with Crippen molar-refractivity contribution >= 4 is 5.69 Å². The first-order valence-corrected chi connectivity index (χ1v) is 6.24. The Morgan fingerprint density at radius 3 is 2.41 bits per heavy atom. The third-order valence-corrected chi connectivity index (χ3v) is 3.61. The molecule has 0 spiro atoms. The molecule has 0 amide bonds. The van der Waals surface area contributed by atoms with E-state index in [1.807, 2.05) is 24.3 Å². The number of hydrogen-bond acceptors (Lipinski definition) is 3.